The molecule has 1 fully saturated rings. The molecule has 0 radical (unpaired) electrons. The topological polar surface area (TPSA) is 41.6 Å². The molecule has 0 aromatic carbocycles. The Hall–Kier alpha value is -0.840. The molecule has 0 saturated carbocycles. The highest BCUT2D eigenvalue weighted by molar-refractivity contribution is 5.68. The lowest BCUT2D eigenvalue weighted by Gasteiger charge is -2.39. The first-order chi connectivity index (χ1) is 8.65. The maximum Gasteiger partial charge on any atom is 0.410 e. The molecule has 1 heterocycles. The molecular weight excluding hydrogens is 247 g/mol. The Kier molecular flexibility index (Phi) is 5.18. The molecule has 0 aliphatic carbocycles. The van der Waals surface area contributed by atoms with E-state index in [4.69, 9.17) is 4.74 Å². The number of alkyl halides is 1. The molecule has 4 nitrogen and oxygen atoms in total. The molecule has 2 unspecified atom stereocenters. The van der Waals surface area contributed by atoms with E-state index >= 15 is 0 Å². The highest BCUT2D eigenvalue weighted by atomic mass is 19.1. The number of rotatable bonds is 3. The molecule has 0 bridgehead atoms. The number of hydrogen-bond acceptors (Lipinski definition) is 3. The zero-order valence-electron chi connectivity index (χ0n) is 12.8. The summed E-state index contributed by atoms with van der Waals surface area (Å²) >= 11 is 0. The molecule has 1 saturated heterocycles. The summed E-state index contributed by atoms with van der Waals surface area (Å²) in [7, 11) is 1.74. The van der Waals surface area contributed by atoms with Gasteiger partial charge in [-0.2, -0.15) is 0 Å². The van der Waals surface area contributed by atoms with E-state index in [-0.39, 0.29) is 12.0 Å². The summed E-state index contributed by atoms with van der Waals surface area (Å²) in [6.45, 7) is 8.52. The molecule has 1 amide bonds. The number of halogens is 1. The third-order valence-corrected chi connectivity index (χ3v) is 3.45. The van der Waals surface area contributed by atoms with Crippen LogP contribution in [0.25, 0.3) is 0 Å². The second kappa shape index (κ2) is 6.07. The van der Waals surface area contributed by atoms with Gasteiger partial charge in [-0.15, -0.1) is 0 Å². The van der Waals surface area contributed by atoms with E-state index in [1.807, 2.05) is 20.8 Å². The molecule has 0 aromatic heterocycles. The minimum atomic E-state index is -1.30. The van der Waals surface area contributed by atoms with Crippen LogP contribution in [0, 0.1) is 5.92 Å². The highest BCUT2D eigenvalue weighted by Crippen LogP contribution is 2.30. The fraction of sp³-hybridized carbons (Fsp3) is 0.929. The maximum absolute atomic E-state index is 14.5. The van der Waals surface area contributed by atoms with Crippen molar-refractivity contribution in [1.29, 1.82) is 0 Å². The standard InChI is InChI=1S/C14H27FN2O2/c1-13(2,3)19-12(18)17-8-6-7-11(9-17)14(4,15)10-16-5/h11,16H,6-10H2,1-5H3. The Morgan fingerprint density at radius 1 is 1.42 bits per heavy atom. The van der Waals surface area contributed by atoms with Gasteiger partial charge in [-0.25, -0.2) is 9.18 Å². The van der Waals surface area contributed by atoms with Crippen LogP contribution in [-0.4, -0.2) is 48.9 Å². The number of ether oxygens (including phenoxy) is 1. The zero-order valence-corrected chi connectivity index (χ0v) is 12.8. The van der Waals surface area contributed by atoms with E-state index < -0.39 is 11.3 Å². The van der Waals surface area contributed by atoms with Crippen molar-refractivity contribution in [3.63, 3.8) is 0 Å². The lowest BCUT2D eigenvalue weighted by atomic mass is 9.84. The quantitative estimate of drug-likeness (QED) is 0.860. The monoisotopic (exact) mass is 274 g/mol. The molecule has 0 aromatic rings. The van der Waals surface area contributed by atoms with E-state index in [0.29, 0.717) is 19.6 Å². The Balaban J connectivity index is 2.62. The third kappa shape index (κ3) is 4.97. The molecule has 1 N–H and O–H groups in total. The molecule has 1 aliphatic rings. The number of nitrogens with one attached hydrogen (secondary N) is 1. The maximum atomic E-state index is 14.5. The summed E-state index contributed by atoms with van der Waals surface area (Å²) in [6.07, 6.45) is 1.30. The molecule has 19 heavy (non-hydrogen) atoms. The summed E-state index contributed by atoms with van der Waals surface area (Å²) in [5, 5.41) is 2.88. The molecule has 5 heteroatoms. The van der Waals surface area contributed by atoms with Gasteiger partial charge in [-0.1, -0.05) is 0 Å². The number of carbonyl (C=O) groups excluding carboxylic acids is 1. The highest BCUT2D eigenvalue weighted by Gasteiger charge is 2.38. The SMILES string of the molecule is CNCC(C)(F)C1CCCN(C(=O)OC(C)(C)C)C1. The van der Waals surface area contributed by atoms with Gasteiger partial charge < -0.3 is 15.0 Å². The minimum Gasteiger partial charge on any atom is -0.444 e. The van der Waals surface area contributed by atoms with Crippen LogP contribution in [0.4, 0.5) is 9.18 Å². The first kappa shape index (κ1) is 16.2. The van der Waals surface area contributed by atoms with Crippen molar-refractivity contribution in [1.82, 2.24) is 10.2 Å². The van der Waals surface area contributed by atoms with Crippen molar-refractivity contribution in [3.05, 3.63) is 0 Å². The average Bonchev–Trinajstić information content (AvgIpc) is 2.27. The molecule has 0 spiro atoms. The van der Waals surface area contributed by atoms with E-state index in [2.05, 4.69) is 5.32 Å². The predicted octanol–water partition coefficient (Wildman–Crippen LogP) is 2.58. The lowest BCUT2D eigenvalue weighted by Crippen LogP contribution is -2.50. The molecular formula is C14H27FN2O2. The smallest absolute Gasteiger partial charge is 0.410 e. The summed E-state index contributed by atoms with van der Waals surface area (Å²) < 4.78 is 19.9. The van der Waals surface area contributed by atoms with E-state index in [0.717, 1.165) is 12.8 Å². The zero-order chi connectivity index (χ0) is 14.7. The fourth-order valence-corrected chi connectivity index (χ4v) is 2.45. The Morgan fingerprint density at radius 3 is 2.58 bits per heavy atom. The summed E-state index contributed by atoms with van der Waals surface area (Å²) in [5.74, 6) is -0.138. The summed E-state index contributed by atoms with van der Waals surface area (Å²) in [5.41, 5.74) is -1.80. The first-order valence-electron chi connectivity index (χ1n) is 6.97. The van der Waals surface area contributed by atoms with Crippen molar-refractivity contribution in [2.24, 2.45) is 5.92 Å². The Labute approximate surface area is 115 Å². The van der Waals surface area contributed by atoms with Gasteiger partial charge in [-0.3, -0.25) is 0 Å². The van der Waals surface area contributed by atoms with E-state index in [1.54, 1.807) is 18.9 Å². The van der Waals surface area contributed by atoms with Crippen LogP contribution >= 0.6 is 0 Å². The van der Waals surface area contributed by atoms with Crippen LogP contribution in [0.15, 0.2) is 0 Å². The van der Waals surface area contributed by atoms with E-state index in [9.17, 15) is 9.18 Å². The van der Waals surface area contributed by atoms with Crippen molar-refractivity contribution in [2.75, 3.05) is 26.7 Å². The number of amides is 1. The van der Waals surface area contributed by atoms with Gasteiger partial charge in [-0.05, 0) is 47.6 Å². The average molecular weight is 274 g/mol. The molecule has 112 valence electrons. The van der Waals surface area contributed by atoms with Crippen molar-refractivity contribution in [3.8, 4) is 0 Å². The van der Waals surface area contributed by atoms with Gasteiger partial charge in [0.2, 0.25) is 0 Å². The molecule has 1 rings (SSSR count). The Morgan fingerprint density at radius 2 is 2.05 bits per heavy atom. The number of hydrogen-bond donors (Lipinski definition) is 1. The van der Waals surface area contributed by atoms with Crippen LogP contribution in [0.3, 0.4) is 0 Å². The van der Waals surface area contributed by atoms with Gasteiger partial charge in [0.05, 0.1) is 0 Å². The molecule has 2 atom stereocenters. The van der Waals surface area contributed by atoms with Crippen LogP contribution in [0.1, 0.15) is 40.5 Å². The van der Waals surface area contributed by atoms with Crippen LogP contribution in [-0.2, 0) is 4.74 Å². The Bertz CT molecular complexity index is 313. The summed E-state index contributed by atoms with van der Waals surface area (Å²) in [4.78, 5) is 13.6. The van der Waals surface area contributed by atoms with Gasteiger partial charge in [0.1, 0.15) is 11.3 Å². The normalized spacial score (nSPS) is 23.9. The minimum absolute atomic E-state index is 0.138. The van der Waals surface area contributed by atoms with Gasteiger partial charge in [0.25, 0.3) is 0 Å². The van der Waals surface area contributed by atoms with Crippen LogP contribution < -0.4 is 5.32 Å². The summed E-state index contributed by atoms with van der Waals surface area (Å²) in [6, 6.07) is 0. The van der Waals surface area contributed by atoms with Gasteiger partial charge in [0, 0.05) is 25.6 Å². The van der Waals surface area contributed by atoms with Crippen LogP contribution in [0.2, 0.25) is 0 Å². The van der Waals surface area contributed by atoms with Crippen molar-refractivity contribution < 1.29 is 13.9 Å². The molecule has 1 aliphatic heterocycles. The second-order valence-corrected chi connectivity index (χ2v) is 6.57. The fourth-order valence-electron chi connectivity index (χ4n) is 2.45. The van der Waals surface area contributed by atoms with Crippen molar-refractivity contribution in [2.45, 2.75) is 51.8 Å². The van der Waals surface area contributed by atoms with Crippen molar-refractivity contribution >= 4 is 6.09 Å². The first-order valence-corrected chi connectivity index (χ1v) is 6.97. The van der Waals surface area contributed by atoms with Gasteiger partial charge in [0.15, 0.2) is 0 Å². The number of carbonyl (C=O) groups is 1. The van der Waals surface area contributed by atoms with E-state index in [1.165, 1.54) is 0 Å². The number of piperidine rings is 1. The van der Waals surface area contributed by atoms with Crippen LogP contribution in [0.5, 0.6) is 0 Å². The largest absolute Gasteiger partial charge is 0.444 e. The van der Waals surface area contributed by atoms with Gasteiger partial charge >= 0.3 is 6.09 Å². The lowest BCUT2D eigenvalue weighted by molar-refractivity contribution is -0.00122. The number of nitrogens with zero attached hydrogens (tertiary/aromatic N) is 1. The number of likely N-dealkylation sites (tertiary alicyclic amines) is 1. The second-order valence-electron chi connectivity index (χ2n) is 6.57. The third-order valence-electron chi connectivity index (χ3n) is 3.45. The predicted molar refractivity (Wildman–Crippen MR) is 74.0 cm³/mol.